The quantitative estimate of drug-likeness (QED) is 0.342. The fourth-order valence-electron chi connectivity index (χ4n) is 2.75. The van der Waals surface area contributed by atoms with E-state index < -0.39 is 0 Å². The van der Waals surface area contributed by atoms with Crippen LogP contribution >= 0.6 is 0 Å². The lowest BCUT2D eigenvalue weighted by Gasteiger charge is -2.22. The summed E-state index contributed by atoms with van der Waals surface area (Å²) in [4.78, 5) is 14.1. The van der Waals surface area contributed by atoms with Gasteiger partial charge >= 0.3 is 0 Å². The molecule has 0 N–H and O–H groups in total. The molecule has 21 heavy (non-hydrogen) atoms. The minimum absolute atomic E-state index is 0.345. The largest absolute Gasteiger partial charge is 0.343 e. The molecule has 0 fully saturated rings. The van der Waals surface area contributed by atoms with Crippen LogP contribution in [-0.4, -0.2) is 23.9 Å². The number of unbranched alkanes of at least 4 members (excludes halogenated alkanes) is 10. The number of nitrogens with zero attached hydrogens (tertiary/aromatic N) is 1. The van der Waals surface area contributed by atoms with Crippen molar-refractivity contribution in [3.05, 3.63) is 0 Å². The highest BCUT2D eigenvalue weighted by atomic mass is 16.2. The van der Waals surface area contributed by atoms with Crippen molar-refractivity contribution in [1.82, 2.24) is 4.90 Å². The number of amides is 1. The van der Waals surface area contributed by atoms with Crippen molar-refractivity contribution >= 4 is 5.91 Å². The molecule has 0 aromatic rings. The van der Waals surface area contributed by atoms with Crippen molar-refractivity contribution in [3.63, 3.8) is 0 Å². The summed E-state index contributed by atoms with van der Waals surface area (Å²) in [7, 11) is 0. The molecule has 0 atom stereocenters. The van der Waals surface area contributed by atoms with Crippen molar-refractivity contribution < 1.29 is 4.79 Å². The van der Waals surface area contributed by atoms with E-state index >= 15 is 0 Å². The SMILES string of the molecule is CCCCCCCCN(CCCCCCCC)C(=O)CC. The first-order valence-electron chi connectivity index (χ1n) is 9.54. The van der Waals surface area contributed by atoms with Gasteiger partial charge in [0.15, 0.2) is 0 Å². The smallest absolute Gasteiger partial charge is 0.222 e. The van der Waals surface area contributed by atoms with Gasteiger partial charge in [-0.2, -0.15) is 0 Å². The lowest BCUT2D eigenvalue weighted by atomic mass is 10.1. The van der Waals surface area contributed by atoms with Gasteiger partial charge in [0, 0.05) is 19.5 Å². The van der Waals surface area contributed by atoms with Crippen molar-refractivity contribution in [3.8, 4) is 0 Å². The van der Waals surface area contributed by atoms with Crippen LogP contribution in [0.5, 0.6) is 0 Å². The zero-order chi connectivity index (χ0) is 15.8. The molecule has 0 saturated heterocycles. The average Bonchev–Trinajstić information content (AvgIpc) is 2.51. The predicted octanol–water partition coefficient (Wildman–Crippen LogP) is 5.95. The van der Waals surface area contributed by atoms with E-state index in [0.29, 0.717) is 12.3 Å². The maximum Gasteiger partial charge on any atom is 0.222 e. The zero-order valence-corrected chi connectivity index (χ0v) is 15.0. The van der Waals surface area contributed by atoms with Crippen molar-refractivity contribution in [2.24, 2.45) is 0 Å². The Bertz CT molecular complexity index is 212. The summed E-state index contributed by atoms with van der Waals surface area (Å²) >= 11 is 0. The molecule has 0 radical (unpaired) electrons. The fourth-order valence-corrected chi connectivity index (χ4v) is 2.75. The highest BCUT2D eigenvalue weighted by molar-refractivity contribution is 5.75. The Labute approximate surface area is 133 Å². The van der Waals surface area contributed by atoms with E-state index in [4.69, 9.17) is 0 Å². The van der Waals surface area contributed by atoms with Crippen LogP contribution in [0.1, 0.15) is 104 Å². The van der Waals surface area contributed by atoms with Gasteiger partial charge in [0.1, 0.15) is 0 Å². The third-order valence-electron chi connectivity index (χ3n) is 4.22. The molecule has 0 heterocycles. The number of hydrogen-bond acceptors (Lipinski definition) is 1. The van der Waals surface area contributed by atoms with E-state index in [1.54, 1.807) is 0 Å². The van der Waals surface area contributed by atoms with Gasteiger partial charge < -0.3 is 4.90 Å². The number of carbonyl (C=O) groups is 1. The molecule has 1 amide bonds. The minimum atomic E-state index is 0.345. The van der Waals surface area contributed by atoms with Crippen molar-refractivity contribution in [2.45, 2.75) is 104 Å². The Balaban J connectivity index is 3.70. The predicted molar refractivity (Wildman–Crippen MR) is 93.6 cm³/mol. The van der Waals surface area contributed by atoms with Gasteiger partial charge in [-0.1, -0.05) is 85.0 Å². The monoisotopic (exact) mass is 297 g/mol. The molecule has 0 aliphatic rings. The van der Waals surface area contributed by atoms with E-state index in [1.807, 2.05) is 6.92 Å². The van der Waals surface area contributed by atoms with E-state index in [-0.39, 0.29) is 0 Å². The van der Waals surface area contributed by atoms with Crippen LogP contribution in [0.25, 0.3) is 0 Å². The summed E-state index contributed by atoms with van der Waals surface area (Å²) in [6, 6.07) is 0. The van der Waals surface area contributed by atoms with E-state index in [0.717, 1.165) is 13.1 Å². The molecule has 0 bridgehead atoms. The molecule has 0 aromatic heterocycles. The van der Waals surface area contributed by atoms with Crippen LogP contribution in [0.15, 0.2) is 0 Å². The molecule has 0 saturated carbocycles. The number of rotatable bonds is 15. The first-order valence-corrected chi connectivity index (χ1v) is 9.54. The molecule has 2 heteroatoms. The van der Waals surface area contributed by atoms with E-state index in [9.17, 15) is 4.79 Å². The lowest BCUT2D eigenvalue weighted by molar-refractivity contribution is -0.131. The summed E-state index contributed by atoms with van der Waals surface area (Å²) in [6.07, 6.45) is 16.3. The summed E-state index contributed by atoms with van der Waals surface area (Å²) in [5, 5.41) is 0. The van der Waals surface area contributed by atoms with Crippen molar-refractivity contribution in [2.75, 3.05) is 13.1 Å². The zero-order valence-electron chi connectivity index (χ0n) is 15.0. The third-order valence-corrected chi connectivity index (χ3v) is 4.22. The molecule has 0 rings (SSSR count). The van der Waals surface area contributed by atoms with Gasteiger partial charge in [0.25, 0.3) is 0 Å². The highest BCUT2D eigenvalue weighted by Gasteiger charge is 2.10. The molecular weight excluding hydrogens is 258 g/mol. The molecule has 2 nitrogen and oxygen atoms in total. The topological polar surface area (TPSA) is 20.3 Å². The van der Waals surface area contributed by atoms with E-state index in [2.05, 4.69) is 18.7 Å². The lowest BCUT2D eigenvalue weighted by Crippen LogP contribution is -2.32. The fraction of sp³-hybridized carbons (Fsp3) is 0.947. The Morgan fingerprint density at radius 1 is 0.619 bits per heavy atom. The molecule has 126 valence electrons. The Kier molecular flexibility index (Phi) is 15.5. The molecular formula is C19H39NO. The maximum absolute atomic E-state index is 12.0. The average molecular weight is 298 g/mol. The standard InChI is InChI=1S/C19H39NO/c1-4-7-9-11-13-15-17-20(19(21)6-3)18-16-14-12-10-8-5-2/h4-18H2,1-3H3. The van der Waals surface area contributed by atoms with Gasteiger partial charge in [-0.05, 0) is 12.8 Å². The number of carbonyl (C=O) groups excluding carboxylic acids is 1. The van der Waals surface area contributed by atoms with Gasteiger partial charge in [-0.25, -0.2) is 0 Å². The summed E-state index contributed by atoms with van der Waals surface area (Å²) in [5.41, 5.74) is 0. The van der Waals surface area contributed by atoms with Crippen LogP contribution < -0.4 is 0 Å². The highest BCUT2D eigenvalue weighted by Crippen LogP contribution is 2.09. The molecule has 0 aromatic carbocycles. The van der Waals surface area contributed by atoms with Crippen LogP contribution in [0.4, 0.5) is 0 Å². The molecule has 0 spiro atoms. The second kappa shape index (κ2) is 15.9. The summed E-state index contributed by atoms with van der Waals surface area (Å²) in [6.45, 7) is 8.45. The Morgan fingerprint density at radius 2 is 1.00 bits per heavy atom. The first kappa shape index (κ1) is 20.5. The van der Waals surface area contributed by atoms with Gasteiger partial charge in [0.2, 0.25) is 5.91 Å². The van der Waals surface area contributed by atoms with Crippen LogP contribution in [0, 0.1) is 0 Å². The van der Waals surface area contributed by atoms with Gasteiger partial charge in [-0.3, -0.25) is 4.79 Å². The third kappa shape index (κ3) is 12.9. The molecule has 0 aliphatic carbocycles. The Morgan fingerprint density at radius 3 is 1.38 bits per heavy atom. The molecule has 0 aliphatic heterocycles. The van der Waals surface area contributed by atoms with Crippen LogP contribution in [-0.2, 0) is 4.79 Å². The van der Waals surface area contributed by atoms with Gasteiger partial charge in [-0.15, -0.1) is 0 Å². The minimum Gasteiger partial charge on any atom is -0.343 e. The van der Waals surface area contributed by atoms with Crippen LogP contribution in [0.3, 0.4) is 0 Å². The van der Waals surface area contributed by atoms with Crippen LogP contribution in [0.2, 0.25) is 0 Å². The van der Waals surface area contributed by atoms with Crippen molar-refractivity contribution in [1.29, 1.82) is 0 Å². The molecule has 0 unspecified atom stereocenters. The number of hydrogen-bond donors (Lipinski definition) is 0. The Hall–Kier alpha value is -0.530. The first-order chi connectivity index (χ1) is 10.3. The van der Waals surface area contributed by atoms with Gasteiger partial charge in [0.05, 0.1) is 0 Å². The summed E-state index contributed by atoms with van der Waals surface area (Å²) in [5.74, 6) is 0.345. The van der Waals surface area contributed by atoms with E-state index in [1.165, 1.54) is 77.0 Å². The normalized spacial score (nSPS) is 10.8. The second-order valence-corrected chi connectivity index (χ2v) is 6.27. The maximum atomic E-state index is 12.0. The summed E-state index contributed by atoms with van der Waals surface area (Å²) < 4.78 is 0. The second-order valence-electron chi connectivity index (χ2n) is 6.27.